The Balaban J connectivity index is 1.32. The van der Waals surface area contributed by atoms with E-state index in [4.69, 9.17) is 4.74 Å². The van der Waals surface area contributed by atoms with E-state index in [1.165, 1.54) is 31.2 Å². The van der Waals surface area contributed by atoms with Gasteiger partial charge in [-0.15, -0.1) is 0 Å². The van der Waals surface area contributed by atoms with Crippen molar-refractivity contribution < 1.29 is 9.53 Å². The van der Waals surface area contributed by atoms with E-state index in [1.807, 2.05) is 18.0 Å². The van der Waals surface area contributed by atoms with Gasteiger partial charge < -0.3 is 19.9 Å². The van der Waals surface area contributed by atoms with E-state index >= 15 is 0 Å². The molecule has 152 valence electrons. The highest BCUT2D eigenvalue weighted by Gasteiger charge is 2.20. The number of likely N-dealkylation sites (tertiary alicyclic amines) is 1. The molecule has 2 heterocycles. The molecule has 0 bridgehead atoms. The van der Waals surface area contributed by atoms with E-state index in [0.29, 0.717) is 18.7 Å². The molecule has 0 unspecified atom stereocenters. The summed E-state index contributed by atoms with van der Waals surface area (Å²) in [6, 6.07) is 10.8. The molecule has 0 radical (unpaired) electrons. The highest BCUT2D eigenvalue weighted by atomic mass is 16.5. The number of ether oxygens (including phenoxy) is 1. The molecule has 1 amide bonds. The average Bonchev–Trinajstić information content (AvgIpc) is 2.74. The van der Waals surface area contributed by atoms with Crippen LogP contribution in [0.15, 0.2) is 53.9 Å². The van der Waals surface area contributed by atoms with Crippen LogP contribution in [0.2, 0.25) is 0 Å². The van der Waals surface area contributed by atoms with Crippen molar-refractivity contribution >= 4 is 5.91 Å². The lowest BCUT2D eigenvalue weighted by Crippen LogP contribution is -2.40. The van der Waals surface area contributed by atoms with Gasteiger partial charge in [-0.05, 0) is 50.3 Å². The lowest BCUT2D eigenvalue weighted by molar-refractivity contribution is -0.117. The maximum Gasteiger partial charge on any atom is 0.251 e. The van der Waals surface area contributed by atoms with Gasteiger partial charge in [-0.25, -0.2) is 0 Å². The second kappa shape index (κ2) is 10.3. The van der Waals surface area contributed by atoms with Gasteiger partial charge in [-0.2, -0.15) is 0 Å². The predicted molar refractivity (Wildman–Crippen MR) is 113 cm³/mol. The lowest BCUT2D eigenvalue weighted by Gasteiger charge is -2.32. The topological polar surface area (TPSA) is 44.8 Å². The van der Waals surface area contributed by atoms with Crippen molar-refractivity contribution in [1.82, 2.24) is 15.1 Å². The second-order valence-corrected chi connectivity index (χ2v) is 7.79. The third kappa shape index (κ3) is 5.86. The molecular formula is C23H33N3O2. The number of rotatable bonds is 8. The first-order valence-corrected chi connectivity index (χ1v) is 10.4. The van der Waals surface area contributed by atoms with Gasteiger partial charge in [-0.3, -0.25) is 4.79 Å². The summed E-state index contributed by atoms with van der Waals surface area (Å²) in [7, 11) is 3.58. The van der Waals surface area contributed by atoms with Gasteiger partial charge in [0.25, 0.3) is 5.91 Å². The van der Waals surface area contributed by atoms with Crippen molar-refractivity contribution in [2.45, 2.75) is 25.7 Å². The standard InChI is InChI=1S/C23H33N3O2/c1-25-14-12-21(18-22(25)28-2)23(27)24-13-17-26-15-10-20(11-16-26)9-8-19-6-4-3-5-7-19/h3-7,12,18,20H,8-11,13-17H2,1-2H3,(H,24,27). The van der Waals surface area contributed by atoms with E-state index in [1.54, 1.807) is 13.2 Å². The zero-order chi connectivity index (χ0) is 19.8. The number of aryl methyl sites for hydroxylation is 1. The SMILES string of the molecule is COC1=CC(C(=O)NCCN2CCC(CCc3ccccc3)CC2)=CCN1C. The van der Waals surface area contributed by atoms with Gasteiger partial charge in [0.15, 0.2) is 5.88 Å². The molecule has 1 saturated heterocycles. The van der Waals surface area contributed by atoms with Crippen LogP contribution in [-0.4, -0.2) is 62.6 Å². The van der Waals surface area contributed by atoms with Gasteiger partial charge >= 0.3 is 0 Å². The average molecular weight is 384 g/mol. The zero-order valence-electron chi connectivity index (χ0n) is 17.2. The van der Waals surface area contributed by atoms with Gasteiger partial charge in [-0.1, -0.05) is 36.4 Å². The number of nitrogens with one attached hydrogen (secondary N) is 1. The molecule has 2 aliphatic rings. The first-order chi connectivity index (χ1) is 13.7. The molecule has 1 aromatic carbocycles. The Hall–Kier alpha value is -2.27. The highest BCUT2D eigenvalue weighted by molar-refractivity contribution is 5.96. The van der Waals surface area contributed by atoms with Crippen LogP contribution in [0.1, 0.15) is 24.8 Å². The van der Waals surface area contributed by atoms with Crippen molar-refractivity contribution in [2.24, 2.45) is 5.92 Å². The summed E-state index contributed by atoms with van der Waals surface area (Å²) in [5.74, 6) is 1.54. The Morgan fingerprint density at radius 1 is 1.21 bits per heavy atom. The minimum Gasteiger partial charge on any atom is -0.482 e. The summed E-state index contributed by atoms with van der Waals surface area (Å²) in [5, 5.41) is 3.05. The highest BCUT2D eigenvalue weighted by Crippen LogP contribution is 2.22. The summed E-state index contributed by atoms with van der Waals surface area (Å²) in [5.41, 5.74) is 2.14. The molecule has 0 aromatic heterocycles. The summed E-state index contributed by atoms with van der Waals surface area (Å²) in [6.07, 6.45) is 8.73. The Labute approximate surface area is 169 Å². The third-order valence-electron chi connectivity index (χ3n) is 5.82. The summed E-state index contributed by atoms with van der Waals surface area (Å²) in [6.45, 7) is 4.58. The number of piperidine rings is 1. The fourth-order valence-corrected chi connectivity index (χ4v) is 3.94. The second-order valence-electron chi connectivity index (χ2n) is 7.79. The minimum atomic E-state index is -0.0135. The number of nitrogens with zero attached hydrogens (tertiary/aromatic N) is 2. The largest absolute Gasteiger partial charge is 0.482 e. The van der Waals surface area contributed by atoms with E-state index in [2.05, 4.69) is 40.5 Å². The molecule has 1 fully saturated rings. The fourth-order valence-electron chi connectivity index (χ4n) is 3.94. The molecule has 0 aliphatic carbocycles. The third-order valence-corrected chi connectivity index (χ3v) is 5.82. The summed E-state index contributed by atoms with van der Waals surface area (Å²) < 4.78 is 5.30. The van der Waals surface area contributed by atoms with Gasteiger partial charge in [0.2, 0.25) is 0 Å². The number of hydrogen-bond acceptors (Lipinski definition) is 4. The number of benzene rings is 1. The number of hydrogen-bond donors (Lipinski definition) is 1. The maximum atomic E-state index is 12.4. The molecule has 5 heteroatoms. The van der Waals surface area contributed by atoms with Gasteiger partial charge in [0.1, 0.15) is 0 Å². The van der Waals surface area contributed by atoms with Gasteiger partial charge in [0, 0.05) is 38.3 Å². The maximum absolute atomic E-state index is 12.4. The number of amides is 1. The Morgan fingerprint density at radius 2 is 1.96 bits per heavy atom. The Bertz CT molecular complexity index is 691. The van der Waals surface area contributed by atoms with Crippen LogP contribution in [0.5, 0.6) is 0 Å². The Morgan fingerprint density at radius 3 is 2.68 bits per heavy atom. The number of carbonyl (C=O) groups excluding carboxylic acids is 1. The van der Waals surface area contributed by atoms with Crippen LogP contribution in [-0.2, 0) is 16.0 Å². The van der Waals surface area contributed by atoms with Crippen LogP contribution in [0.25, 0.3) is 0 Å². The minimum absolute atomic E-state index is 0.0135. The molecule has 3 rings (SSSR count). The van der Waals surface area contributed by atoms with Crippen molar-refractivity contribution in [2.75, 3.05) is 46.9 Å². The van der Waals surface area contributed by atoms with E-state index in [0.717, 1.165) is 31.4 Å². The number of likely N-dealkylation sites (N-methyl/N-ethyl adjacent to an activating group) is 1. The molecule has 1 N–H and O–H groups in total. The smallest absolute Gasteiger partial charge is 0.251 e. The summed E-state index contributed by atoms with van der Waals surface area (Å²) in [4.78, 5) is 16.8. The molecule has 0 spiro atoms. The van der Waals surface area contributed by atoms with Crippen molar-refractivity contribution in [3.8, 4) is 0 Å². The molecule has 5 nitrogen and oxygen atoms in total. The molecule has 2 aliphatic heterocycles. The number of methoxy groups -OCH3 is 1. The predicted octanol–water partition coefficient (Wildman–Crippen LogP) is 2.81. The molecule has 28 heavy (non-hydrogen) atoms. The van der Waals surface area contributed by atoms with E-state index in [-0.39, 0.29) is 5.91 Å². The molecular weight excluding hydrogens is 350 g/mol. The van der Waals surface area contributed by atoms with Crippen LogP contribution in [0, 0.1) is 5.92 Å². The van der Waals surface area contributed by atoms with Gasteiger partial charge in [0.05, 0.1) is 7.11 Å². The van der Waals surface area contributed by atoms with E-state index < -0.39 is 0 Å². The molecule has 1 aromatic rings. The number of carbonyl (C=O) groups is 1. The molecule has 0 saturated carbocycles. The van der Waals surface area contributed by atoms with Crippen molar-refractivity contribution in [1.29, 1.82) is 0 Å². The van der Waals surface area contributed by atoms with Crippen molar-refractivity contribution in [3.05, 3.63) is 59.5 Å². The van der Waals surface area contributed by atoms with Crippen LogP contribution in [0.3, 0.4) is 0 Å². The van der Waals surface area contributed by atoms with Crippen LogP contribution in [0.4, 0.5) is 0 Å². The quantitative estimate of drug-likeness (QED) is 0.750. The lowest BCUT2D eigenvalue weighted by atomic mass is 9.90. The van der Waals surface area contributed by atoms with E-state index in [9.17, 15) is 4.79 Å². The monoisotopic (exact) mass is 383 g/mol. The van der Waals surface area contributed by atoms with Crippen LogP contribution < -0.4 is 5.32 Å². The first-order valence-electron chi connectivity index (χ1n) is 10.4. The van der Waals surface area contributed by atoms with Crippen molar-refractivity contribution in [3.63, 3.8) is 0 Å². The first kappa shape index (κ1) is 20.5. The Kier molecular flexibility index (Phi) is 7.54. The normalized spacial score (nSPS) is 18.4. The molecule has 0 atom stereocenters. The summed E-state index contributed by atoms with van der Waals surface area (Å²) >= 11 is 0. The van der Waals surface area contributed by atoms with Crippen LogP contribution >= 0.6 is 0 Å². The fraction of sp³-hybridized carbons (Fsp3) is 0.522. The zero-order valence-corrected chi connectivity index (χ0v) is 17.2.